The van der Waals surface area contributed by atoms with Gasteiger partial charge in [0.25, 0.3) is 0 Å². The van der Waals surface area contributed by atoms with E-state index in [4.69, 9.17) is 9.47 Å². The number of benzene rings is 3. The Balaban J connectivity index is 1.13. The number of allylic oxidation sites excluding steroid dienone is 1. The van der Waals surface area contributed by atoms with Crippen LogP contribution in [0.15, 0.2) is 66.7 Å². The van der Waals surface area contributed by atoms with E-state index in [1.165, 1.54) is 72.3 Å². The van der Waals surface area contributed by atoms with Gasteiger partial charge in [-0.15, -0.1) is 0 Å². The molecule has 1 heterocycles. The quantitative estimate of drug-likeness (QED) is 0.250. The van der Waals surface area contributed by atoms with Gasteiger partial charge >= 0.3 is 0 Å². The monoisotopic (exact) mass is 538 g/mol. The third-order valence-corrected chi connectivity index (χ3v) is 8.48. The first kappa shape index (κ1) is 28.3. The van der Waals surface area contributed by atoms with Crippen LogP contribution >= 0.6 is 0 Å². The fourth-order valence-corrected chi connectivity index (χ4v) is 6.16. The zero-order valence-electron chi connectivity index (χ0n) is 24.7. The highest BCUT2D eigenvalue weighted by atomic mass is 16.5. The minimum atomic E-state index is 0.0358. The van der Waals surface area contributed by atoms with Crippen molar-refractivity contribution in [3.05, 3.63) is 89.0 Å². The smallest absolute Gasteiger partial charge is 0.119 e. The Labute approximate surface area is 241 Å². The summed E-state index contributed by atoms with van der Waals surface area (Å²) in [4.78, 5) is 2.55. The van der Waals surface area contributed by atoms with E-state index in [0.29, 0.717) is 0 Å². The third kappa shape index (κ3) is 7.28. The van der Waals surface area contributed by atoms with Gasteiger partial charge in [-0.25, -0.2) is 0 Å². The SMILES string of the molecule is COc1ccc2c(c1)CC(C)(C)C(c1ccccc1NCCCc1ccc(OCCN3CCCCCC3)cc1)=C2. The normalized spacial score (nSPS) is 16.9. The summed E-state index contributed by atoms with van der Waals surface area (Å²) in [6.45, 7) is 9.88. The van der Waals surface area contributed by atoms with Crippen LogP contribution in [-0.2, 0) is 12.8 Å². The van der Waals surface area contributed by atoms with Crippen LogP contribution in [0.3, 0.4) is 0 Å². The molecule has 1 saturated heterocycles. The highest BCUT2D eigenvalue weighted by molar-refractivity contribution is 5.91. The second-order valence-corrected chi connectivity index (χ2v) is 12.0. The molecule has 1 aliphatic heterocycles. The number of hydrogen-bond donors (Lipinski definition) is 1. The highest BCUT2D eigenvalue weighted by Crippen LogP contribution is 2.46. The molecule has 0 radical (unpaired) electrons. The molecule has 2 aliphatic rings. The first-order valence-electron chi connectivity index (χ1n) is 15.2. The lowest BCUT2D eigenvalue weighted by molar-refractivity contribution is 0.214. The van der Waals surface area contributed by atoms with Gasteiger partial charge in [0, 0.05) is 24.3 Å². The van der Waals surface area contributed by atoms with Crippen LogP contribution in [-0.4, -0.2) is 44.8 Å². The number of ether oxygens (including phenoxy) is 2. The van der Waals surface area contributed by atoms with E-state index in [2.05, 4.69) is 96.9 Å². The van der Waals surface area contributed by atoms with Gasteiger partial charge in [-0.3, -0.25) is 4.90 Å². The highest BCUT2D eigenvalue weighted by Gasteiger charge is 2.31. The number of methoxy groups -OCH3 is 1. The van der Waals surface area contributed by atoms with Crippen LogP contribution in [0.4, 0.5) is 5.69 Å². The van der Waals surface area contributed by atoms with Gasteiger partial charge in [-0.1, -0.05) is 69.2 Å². The Hall–Kier alpha value is -3.24. The Kier molecular flexibility index (Phi) is 9.49. The van der Waals surface area contributed by atoms with Crippen molar-refractivity contribution in [3.8, 4) is 11.5 Å². The first-order valence-corrected chi connectivity index (χ1v) is 15.2. The second-order valence-electron chi connectivity index (χ2n) is 12.0. The zero-order valence-corrected chi connectivity index (χ0v) is 24.7. The number of hydrogen-bond acceptors (Lipinski definition) is 4. The molecule has 40 heavy (non-hydrogen) atoms. The van der Waals surface area contributed by atoms with Crippen molar-refractivity contribution in [3.63, 3.8) is 0 Å². The van der Waals surface area contributed by atoms with Crippen molar-refractivity contribution in [1.29, 1.82) is 0 Å². The predicted molar refractivity (Wildman–Crippen MR) is 168 cm³/mol. The number of nitrogens with zero attached hydrogens (tertiary/aromatic N) is 1. The van der Waals surface area contributed by atoms with Crippen LogP contribution in [0, 0.1) is 5.41 Å². The van der Waals surface area contributed by atoms with Gasteiger partial charge in [0.05, 0.1) is 7.11 Å². The largest absolute Gasteiger partial charge is 0.497 e. The molecule has 0 bridgehead atoms. The summed E-state index contributed by atoms with van der Waals surface area (Å²) in [7, 11) is 1.74. The number of fused-ring (bicyclic) bond motifs is 1. The summed E-state index contributed by atoms with van der Waals surface area (Å²) < 4.78 is 11.5. The van der Waals surface area contributed by atoms with Crippen LogP contribution in [0.2, 0.25) is 0 Å². The maximum Gasteiger partial charge on any atom is 0.119 e. The average molecular weight is 539 g/mol. The number of aryl methyl sites for hydroxylation is 1. The van der Waals surface area contributed by atoms with Gasteiger partial charge in [0.1, 0.15) is 18.1 Å². The summed E-state index contributed by atoms with van der Waals surface area (Å²) in [5, 5.41) is 3.75. The number of likely N-dealkylation sites (tertiary alicyclic amines) is 1. The van der Waals surface area contributed by atoms with Crippen molar-refractivity contribution >= 4 is 17.3 Å². The van der Waals surface area contributed by atoms with Crippen molar-refractivity contribution in [2.24, 2.45) is 5.41 Å². The van der Waals surface area contributed by atoms with Crippen LogP contribution in [0.25, 0.3) is 11.6 Å². The molecule has 0 spiro atoms. The summed E-state index contributed by atoms with van der Waals surface area (Å²) in [6, 6.07) is 23.9. The van der Waals surface area contributed by atoms with Gasteiger partial charge in [-0.05, 0) is 103 Å². The summed E-state index contributed by atoms with van der Waals surface area (Å²) in [6.07, 6.45) is 10.9. The number of anilines is 1. The predicted octanol–water partition coefficient (Wildman–Crippen LogP) is 8.12. The van der Waals surface area contributed by atoms with E-state index in [9.17, 15) is 0 Å². The van der Waals surface area contributed by atoms with E-state index in [0.717, 1.165) is 50.5 Å². The molecule has 0 saturated carbocycles. The molecule has 0 aromatic heterocycles. The summed E-state index contributed by atoms with van der Waals surface area (Å²) in [5.74, 6) is 1.91. The third-order valence-electron chi connectivity index (χ3n) is 8.48. The molecule has 1 aliphatic carbocycles. The lowest BCUT2D eigenvalue weighted by atomic mass is 9.70. The lowest BCUT2D eigenvalue weighted by Gasteiger charge is -2.34. The van der Waals surface area contributed by atoms with E-state index in [1.54, 1.807) is 7.11 Å². The number of rotatable bonds is 11. The molecule has 212 valence electrons. The Morgan fingerprint density at radius 2 is 1.62 bits per heavy atom. The molecule has 0 amide bonds. The van der Waals surface area contributed by atoms with E-state index in [1.807, 2.05) is 0 Å². The van der Waals surface area contributed by atoms with Gasteiger partial charge in [0.2, 0.25) is 0 Å². The van der Waals surface area contributed by atoms with Crippen LogP contribution < -0.4 is 14.8 Å². The number of para-hydroxylation sites is 1. The maximum absolute atomic E-state index is 6.04. The van der Waals surface area contributed by atoms with Gasteiger partial charge in [-0.2, -0.15) is 0 Å². The molecule has 4 heteroatoms. The van der Waals surface area contributed by atoms with Crippen molar-refractivity contribution in [1.82, 2.24) is 4.90 Å². The molecule has 0 atom stereocenters. The Bertz CT molecular complexity index is 1270. The molecule has 5 rings (SSSR count). The summed E-state index contributed by atoms with van der Waals surface area (Å²) in [5.41, 5.74) is 7.95. The molecule has 0 unspecified atom stereocenters. The second kappa shape index (κ2) is 13.4. The molecular formula is C36H46N2O2. The van der Waals surface area contributed by atoms with Crippen molar-refractivity contribution in [2.45, 2.75) is 58.8 Å². The van der Waals surface area contributed by atoms with Crippen LogP contribution in [0.5, 0.6) is 11.5 Å². The Morgan fingerprint density at radius 1 is 0.875 bits per heavy atom. The van der Waals surface area contributed by atoms with Gasteiger partial charge in [0.15, 0.2) is 0 Å². The van der Waals surface area contributed by atoms with Crippen molar-refractivity contribution < 1.29 is 9.47 Å². The van der Waals surface area contributed by atoms with E-state index in [-0.39, 0.29) is 5.41 Å². The Morgan fingerprint density at radius 3 is 2.40 bits per heavy atom. The van der Waals surface area contributed by atoms with Crippen molar-refractivity contribution in [2.75, 3.05) is 45.2 Å². The number of nitrogens with one attached hydrogen (secondary N) is 1. The topological polar surface area (TPSA) is 33.7 Å². The maximum atomic E-state index is 6.04. The summed E-state index contributed by atoms with van der Waals surface area (Å²) >= 11 is 0. The lowest BCUT2D eigenvalue weighted by Crippen LogP contribution is -2.29. The average Bonchev–Trinajstić information content (AvgIpc) is 3.24. The fourth-order valence-electron chi connectivity index (χ4n) is 6.16. The van der Waals surface area contributed by atoms with Crippen LogP contribution in [0.1, 0.15) is 68.2 Å². The minimum absolute atomic E-state index is 0.0358. The molecule has 1 fully saturated rings. The zero-order chi connectivity index (χ0) is 27.8. The van der Waals surface area contributed by atoms with Gasteiger partial charge < -0.3 is 14.8 Å². The van der Waals surface area contributed by atoms with E-state index >= 15 is 0 Å². The molecule has 4 nitrogen and oxygen atoms in total. The molecular weight excluding hydrogens is 492 g/mol. The molecule has 3 aromatic rings. The fraction of sp³-hybridized carbons (Fsp3) is 0.444. The first-order chi connectivity index (χ1) is 19.5. The van der Waals surface area contributed by atoms with E-state index < -0.39 is 0 Å². The molecule has 1 N–H and O–H groups in total. The minimum Gasteiger partial charge on any atom is -0.497 e. The standard InChI is InChI=1S/C36H46N2O2/c1-36(2)27-30-25-32(39-3)19-16-29(30)26-34(36)33-12-6-7-13-35(33)37-20-10-11-28-14-17-31(18-15-28)40-24-23-38-21-8-4-5-9-22-38/h6-7,12-19,25-26,37H,4-5,8-11,20-24,27H2,1-3H3. The molecule has 3 aromatic carbocycles.